The minimum Gasteiger partial charge on any atom is -0.394 e. The second-order valence-corrected chi connectivity index (χ2v) is 5.65. The van der Waals surface area contributed by atoms with Gasteiger partial charge in [0.1, 0.15) is 12.3 Å². The van der Waals surface area contributed by atoms with E-state index in [9.17, 15) is 9.90 Å². The normalized spacial score (nSPS) is 25.2. The standard InChI is InChI=1S/C13H19N5O4/c1-6(2)15-13-16-11-10(12(21)17-13)14-5-18(11)9-3-7(20)8(4-19)22-9/h5-9,19-20H,3-4H2,1-2H3,(H2,15,16,17,21)/t7-,8-,9-/m1/s1. The minimum absolute atomic E-state index is 0.111. The lowest BCUT2D eigenvalue weighted by Crippen LogP contribution is -2.24. The maximum atomic E-state index is 12.1. The van der Waals surface area contributed by atoms with E-state index in [0.29, 0.717) is 18.0 Å². The summed E-state index contributed by atoms with van der Waals surface area (Å²) < 4.78 is 7.19. The molecule has 3 atom stereocenters. The molecule has 0 bridgehead atoms. The molecule has 0 aliphatic carbocycles. The van der Waals surface area contributed by atoms with Crippen molar-refractivity contribution in [2.24, 2.45) is 0 Å². The molecule has 1 fully saturated rings. The van der Waals surface area contributed by atoms with Gasteiger partial charge in [-0.25, -0.2) is 4.98 Å². The second kappa shape index (κ2) is 5.67. The molecule has 4 N–H and O–H groups in total. The van der Waals surface area contributed by atoms with Gasteiger partial charge in [-0.1, -0.05) is 0 Å². The van der Waals surface area contributed by atoms with Crippen molar-refractivity contribution in [3.63, 3.8) is 0 Å². The molecule has 1 saturated heterocycles. The third kappa shape index (κ3) is 2.58. The molecular weight excluding hydrogens is 290 g/mol. The van der Waals surface area contributed by atoms with Crippen molar-refractivity contribution in [3.05, 3.63) is 16.7 Å². The Morgan fingerprint density at radius 3 is 3.00 bits per heavy atom. The van der Waals surface area contributed by atoms with Gasteiger partial charge >= 0.3 is 0 Å². The summed E-state index contributed by atoms with van der Waals surface area (Å²) >= 11 is 0. The summed E-state index contributed by atoms with van der Waals surface area (Å²) in [5.41, 5.74) is 0.242. The van der Waals surface area contributed by atoms with Gasteiger partial charge in [-0.05, 0) is 13.8 Å². The average molecular weight is 309 g/mol. The Bertz CT molecular complexity index is 725. The maximum absolute atomic E-state index is 12.1. The number of imidazole rings is 1. The van der Waals surface area contributed by atoms with E-state index in [4.69, 9.17) is 9.84 Å². The molecule has 0 amide bonds. The highest BCUT2D eigenvalue weighted by Gasteiger charge is 2.35. The Hall–Kier alpha value is -1.97. The van der Waals surface area contributed by atoms with Crippen molar-refractivity contribution in [1.82, 2.24) is 19.5 Å². The van der Waals surface area contributed by atoms with Crippen LogP contribution in [0, 0.1) is 0 Å². The zero-order valence-electron chi connectivity index (χ0n) is 12.4. The van der Waals surface area contributed by atoms with E-state index in [0.717, 1.165) is 0 Å². The number of aliphatic hydroxyl groups excluding tert-OH is 2. The Morgan fingerprint density at radius 2 is 2.36 bits per heavy atom. The van der Waals surface area contributed by atoms with Crippen LogP contribution in [-0.2, 0) is 4.74 Å². The predicted octanol–water partition coefficient (Wildman–Crippen LogP) is -0.419. The van der Waals surface area contributed by atoms with Gasteiger partial charge in [0.05, 0.1) is 19.0 Å². The van der Waals surface area contributed by atoms with Gasteiger partial charge in [0, 0.05) is 12.5 Å². The number of aromatic amines is 1. The van der Waals surface area contributed by atoms with Gasteiger partial charge in [-0.3, -0.25) is 14.3 Å². The van der Waals surface area contributed by atoms with Crippen molar-refractivity contribution in [2.75, 3.05) is 11.9 Å². The van der Waals surface area contributed by atoms with Gasteiger partial charge in [0.2, 0.25) is 5.95 Å². The number of H-pyrrole nitrogens is 1. The third-order valence-corrected chi connectivity index (χ3v) is 3.55. The summed E-state index contributed by atoms with van der Waals surface area (Å²) in [4.78, 5) is 23.1. The van der Waals surface area contributed by atoms with Crippen LogP contribution in [-0.4, -0.2) is 54.6 Å². The first-order chi connectivity index (χ1) is 10.5. The van der Waals surface area contributed by atoms with E-state index in [1.807, 2.05) is 13.8 Å². The molecule has 0 spiro atoms. The molecule has 1 aliphatic heterocycles. The van der Waals surface area contributed by atoms with Crippen molar-refractivity contribution < 1.29 is 14.9 Å². The molecule has 3 rings (SSSR count). The highest BCUT2D eigenvalue weighted by molar-refractivity contribution is 5.70. The molecule has 1 aliphatic rings. The topological polar surface area (TPSA) is 125 Å². The quantitative estimate of drug-likeness (QED) is 0.604. The summed E-state index contributed by atoms with van der Waals surface area (Å²) in [6.45, 7) is 3.60. The zero-order valence-corrected chi connectivity index (χ0v) is 12.4. The number of anilines is 1. The lowest BCUT2D eigenvalue weighted by molar-refractivity contribution is -0.0432. The zero-order chi connectivity index (χ0) is 15.9. The van der Waals surface area contributed by atoms with Gasteiger partial charge in [0.15, 0.2) is 11.2 Å². The SMILES string of the molecule is CC(C)Nc1nc2c(ncn2[C@H]2C[C@@H](O)[C@@H](CO)O2)c(=O)[nH]1. The van der Waals surface area contributed by atoms with Crippen LogP contribution in [0.3, 0.4) is 0 Å². The van der Waals surface area contributed by atoms with Crippen LogP contribution in [0.4, 0.5) is 5.95 Å². The minimum atomic E-state index is -0.761. The number of hydrogen-bond donors (Lipinski definition) is 4. The summed E-state index contributed by atoms with van der Waals surface area (Å²) in [6, 6.07) is 0.111. The van der Waals surface area contributed by atoms with Gasteiger partial charge < -0.3 is 20.3 Å². The van der Waals surface area contributed by atoms with Crippen LogP contribution in [0.1, 0.15) is 26.5 Å². The lowest BCUT2D eigenvalue weighted by atomic mass is 10.2. The largest absolute Gasteiger partial charge is 0.394 e. The van der Waals surface area contributed by atoms with Crippen LogP contribution >= 0.6 is 0 Å². The maximum Gasteiger partial charge on any atom is 0.280 e. The van der Waals surface area contributed by atoms with E-state index in [2.05, 4.69) is 20.3 Å². The molecular formula is C13H19N5O4. The number of fused-ring (bicyclic) bond motifs is 1. The fourth-order valence-corrected chi connectivity index (χ4v) is 2.53. The molecule has 9 nitrogen and oxygen atoms in total. The first-order valence-corrected chi connectivity index (χ1v) is 7.17. The summed E-state index contributed by atoms with van der Waals surface area (Å²) in [5, 5.41) is 22.0. The molecule has 0 radical (unpaired) electrons. The first kappa shape index (κ1) is 14.9. The molecule has 2 aromatic rings. The van der Waals surface area contributed by atoms with Gasteiger partial charge in [-0.2, -0.15) is 4.98 Å². The monoisotopic (exact) mass is 309 g/mol. The average Bonchev–Trinajstić information content (AvgIpc) is 3.01. The van der Waals surface area contributed by atoms with E-state index in [1.54, 1.807) is 4.57 Å². The number of nitrogens with zero attached hydrogens (tertiary/aromatic N) is 3. The van der Waals surface area contributed by atoms with Crippen molar-refractivity contribution in [2.45, 2.75) is 44.7 Å². The van der Waals surface area contributed by atoms with Gasteiger partial charge in [-0.15, -0.1) is 0 Å². The summed E-state index contributed by atoms with van der Waals surface area (Å²) in [7, 11) is 0. The molecule has 22 heavy (non-hydrogen) atoms. The fourth-order valence-electron chi connectivity index (χ4n) is 2.53. The second-order valence-electron chi connectivity index (χ2n) is 5.65. The number of rotatable bonds is 4. The van der Waals surface area contributed by atoms with E-state index in [-0.39, 0.29) is 23.7 Å². The number of aromatic nitrogens is 4. The van der Waals surface area contributed by atoms with E-state index >= 15 is 0 Å². The van der Waals surface area contributed by atoms with Crippen molar-refractivity contribution >= 4 is 17.1 Å². The molecule has 0 saturated carbocycles. The molecule has 0 aromatic carbocycles. The Kier molecular flexibility index (Phi) is 3.85. The number of hydrogen-bond acceptors (Lipinski definition) is 7. The van der Waals surface area contributed by atoms with Crippen LogP contribution in [0.5, 0.6) is 0 Å². The van der Waals surface area contributed by atoms with Crippen LogP contribution in [0.15, 0.2) is 11.1 Å². The molecule has 120 valence electrons. The molecule has 0 unspecified atom stereocenters. The van der Waals surface area contributed by atoms with Gasteiger partial charge in [0.25, 0.3) is 5.56 Å². The van der Waals surface area contributed by atoms with Crippen molar-refractivity contribution in [3.8, 4) is 0 Å². The Labute approximate surface area is 126 Å². The van der Waals surface area contributed by atoms with Crippen LogP contribution in [0.2, 0.25) is 0 Å². The first-order valence-electron chi connectivity index (χ1n) is 7.17. The number of aliphatic hydroxyl groups is 2. The predicted molar refractivity (Wildman–Crippen MR) is 78.5 cm³/mol. The molecule has 2 aromatic heterocycles. The Morgan fingerprint density at radius 1 is 1.59 bits per heavy atom. The van der Waals surface area contributed by atoms with E-state index in [1.165, 1.54) is 6.33 Å². The van der Waals surface area contributed by atoms with Crippen LogP contribution in [0.25, 0.3) is 11.2 Å². The van der Waals surface area contributed by atoms with Crippen molar-refractivity contribution in [1.29, 1.82) is 0 Å². The molecule has 3 heterocycles. The fraction of sp³-hybridized carbons (Fsp3) is 0.615. The molecule has 9 heteroatoms. The number of ether oxygens (including phenoxy) is 1. The highest BCUT2D eigenvalue weighted by Crippen LogP contribution is 2.30. The van der Waals surface area contributed by atoms with Crippen LogP contribution < -0.4 is 10.9 Å². The summed E-state index contributed by atoms with van der Waals surface area (Å²) in [5.74, 6) is 0.353. The smallest absolute Gasteiger partial charge is 0.280 e. The lowest BCUT2D eigenvalue weighted by Gasteiger charge is -2.14. The number of nitrogens with one attached hydrogen (secondary N) is 2. The van der Waals surface area contributed by atoms with E-state index < -0.39 is 18.4 Å². The summed E-state index contributed by atoms with van der Waals surface area (Å²) in [6.07, 6.45) is -0.153. The third-order valence-electron chi connectivity index (χ3n) is 3.55. The Balaban J connectivity index is 2.00. The highest BCUT2D eigenvalue weighted by atomic mass is 16.5.